The van der Waals surface area contributed by atoms with Gasteiger partial charge in [0.05, 0.1) is 52.6 Å². The number of imidazole rings is 4. The zero-order valence-corrected chi connectivity index (χ0v) is 72.8. The van der Waals surface area contributed by atoms with E-state index in [9.17, 15) is 14.4 Å². The Balaban J connectivity index is 0.000000141. The highest BCUT2D eigenvalue weighted by Crippen LogP contribution is 2.33. The molecule has 2 aliphatic carbocycles. The number of nitrogen functional groups attached to an aromatic ring is 4. The number of hydrogen-bond donors (Lipinski definition) is 8. The molecular weight excluding hydrogens is 1560 g/mol. The summed E-state index contributed by atoms with van der Waals surface area (Å²) in [5.41, 5.74) is 37.4. The fourth-order valence-electron chi connectivity index (χ4n) is 15.9. The summed E-state index contributed by atoms with van der Waals surface area (Å²) < 4.78 is 40.9. The van der Waals surface area contributed by atoms with E-state index in [4.69, 9.17) is 51.4 Å². The topological polar surface area (TPSA) is 413 Å². The van der Waals surface area contributed by atoms with Crippen molar-refractivity contribution in [2.24, 2.45) is 17.3 Å². The lowest BCUT2D eigenvalue weighted by atomic mass is 9.89. The van der Waals surface area contributed by atoms with Gasteiger partial charge in [-0.2, -0.15) is 39.9 Å². The van der Waals surface area contributed by atoms with Crippen LogP contribution in [0.2, 0.25) is 0 Å². The highest BCUT2D eigenvalue weighted by Gasteiger charge is 2.26. The number of aryl methyl sites for hydroxylation is 2. The Hall–Kier alpha value is -11.4. The van der Waals surface area contributed by atoms with Gasteiger partial charge in [-0.05, 0) is 160 Å². The molecule has 33 heteroatoms. The van der Waals surface area contributed by atoms with Gasteiger partial charge in [-0.1, -0.05) is 163 Å². The number of aromatic amines is 2. The second-order valence-electron chi connectivity index (χ2n) is 33.7. The van der Waals surface area contributed by atoms with Gasteiger partial charge in [-0.25, -0.2) is 19.4 Å². The molecule has 0 radical (unpaired) electrons. The van der Waals surface area contributed by atoms with Crippen LogP contribution in [-0.4, -0.2) is 181 Å². The molecule has 0 amide bonds. The van der Waals surface area contributed by atoms with Gasteiger partial charge < -0.3 is 76.5 Å². The molecule has 2 saturated carbocycles. The van der Waals surface area contributed by atoms with E-state index in [0.717, 1.165) is 117 Å². The van der Waals surface area contributed by atoms with E-state index in [1.165, 1.54) is 111 Å². The van der Waals surface area contributed by atoms with E-state index in [0.29, 0.717) is 123 Å². The van der Waals surface area contributed by atoms with Gasteiger partial charge in [0, 0.05) is 53.5 Å². The number of methoxy groups -OCH3 is 2. The van der Waals surface area contributed by atoms with Gasteiger partial charge in [-0.15, -0.1) is 0 Å². The number of ether oxygens (including phenoxy) is 6. The van der Waals surface area contributed by atoms with Crippen LogP contribution in [0, 0.1) is 24.2 Å². The van der Waals surface area contributed by atoms with Crippen molar-refractivity contribution in [2.45, 2.75) is 190 Å². The van der Waals surface area contributed by atoms with Crippen LogP contribution in [0.3, 0.4) is 0 Å². The van der Waals surface area contributed by atoms with E-state index in [-0.39, 0.29) is 58.0 Å². The largest absolute Gasteiger partial charge is 0.463 e. The average molecular weight is 1690 g/mol. The van der Waals surface area contributed by atoms with Crippen molar-refractivity contribution < 1.29 is 28.4 Å². The summed E-state index contributed by atoms with van der Waals surface area (Å²) in [6, 6.07) is 34.5. The predicted octanol–water partition coefficient (Wildman–Crippen LogP) is 10.9. The molecule has 4 aromatic carbocycles. The van der Waals surface area contributed by atoms with Crippen LogP contribution in [0.1, 0.15) is 175 Å². The van der Waals surface area contributed by atoms with E-state index in [2.05, 4.69) is 180 Å². The molecule has 0 atom stereocenters. The third-order valence-corrected chi connectivity index (χ3v) is 22.5. The van der Waals surface area contributed by atoms with Crippen molar-refractivity contribution in [3.05, 3.63) is 179 Å². The van der Waals surface area contributed by atoms with Crippen LogP contribution in [0.4, 0.5) is 23.3 Å². The fraction of sp³-hybridized carbons (Fsp3) is 0.511. The molecule has 4 aliphatic rings. The molecule has 658 valence electrons. The van der Waals surface area contributed by atoms with Crippen LogP contribution in [0.25, 0.3) is 44.7 Å². The van der Waals surface area contributed by atoms with Crippen molar-refractivity contribution >= 4 is 67.9 Å². The van der Waals surface area contributed by atoms with Gasteiger partial charge in [0.15, 0.2) is 51.4 Å². The number of nitrogens with two attached hydrogens (primary N) is 4. The number of likely N-dealkylation sites (tertiary alicyclic amines) is 2. The number of anilines is 4. The van der Waals surface area contributed by atoms with Gasteiger partial charge in [0.25, 0.3) is 0 Å². The molecule has 0 spiro atoms. The molecule has 2 saturated heterocycles. The third-order valence-electron chi connectivity index (χ3n) is 22.5. The minimum Gasteiger partial charge on any atom is -0.463 e. The van der Waals surface area contributed by atoms with E-state index >= 15 is 0 Å². The number of nitrogens with one attached hydrogen (secondary N) is 4. The van der Waals surface area contributed by atoms with E-state index < -0.39 is 0 Å². The zero-order chi connectivity index (χ0) is 86.4. The molecule has 12 aromatic rings. The lowest BCUT2D eigenvalue weighted by Crippen LogP contribution is -2.26. The first-order valence-corrected chi connectivity index (χ1v) is 43.6. The number of unbranched alkanes of at least 4 members (excludes halogenated alkanes) is 1. The van der Waals surface area contributed by atoms with Gasteiger partial charge >= 0.3 is 41.1 Å². The quantitative estimate of drug-likeness (QED) is 0.0169. The maximum absolute atomic E-state index is 13.2. The Morgan fingerprint density at radius 1 is 0.439 bits per heavy atom. The SMILES string of the molecule is CCCCOc1nc(N)c2c(n1)n(Cc1cccc(CN3CCCC3)c1)c(=O)n2CC.COCCOc1nc(N)c2[nH]c(=O)n(Cc3cccc(CNCC(C)(C)C)c3)c2n1.COCCOc1nc(N)c2[nH]c(=O)n(Cc3cccc(CNCC4CCCCC4)c3)c2n1.Cc1nc2c(N)nc(OCCC3CC3)nc2n1Cc1cccc(CN2CCCC2)c1. The molecule has 0 bridgehead atoms. The number of fused-ring (bicyclic) bond motifs is 4. The Bertz CT molecular complexity index is 5640. The molecule has 12 N–H and O–H groups in total. The molecular formula is C90H124N24O9. The van der Waals surface area contributed by atoms with Crippen molar-refractivity contribution in [3.8, 4) is 24.0 Å². The second kappa shape index (κ2) is 43.1. The smallest absolute Gasteiger partial charge is 0.330 e. The van der Waals surface area contributed by atoms with Gasteiger partial charge in [0.1, 0.15) is 35.6 Å². The lowest BCUT2D eigenvalue weighted by Gasteiger charge is -2.21. The van der Waals surface area contributed by atoms with Gasteiger partial charge in [-0.3, -0.25) is 28.1 Å². The molecule has 123 heavy (non-hydrogen) atoms. The number of benzene rings is 4. The summed E-state index contributed by atoms with van der Waals surface area (Å²) in [5, 5.41) is 7.07. The summed E-state index contributed by atoms with van der Waals surface area (Å²) in [5.74, 6) is 3.49. The summed E-state index contributed by atoms with van der Waals surface area (Å²) in [7, 11) is 3.17. The highest BCUT2D eigenvalue weighted by molar-refractivity contribution is 5.85. The van der Waals surface area contributed by atoms with Crippen LogP contribution in [0.5, 0.6) is 24.0 Å². The molecule has 10 heterocycles. The number of hydrogen-bond acceptors (Lipinski definition) is 26. The molecule has 16 rings (SSSR count). The van der Waals surface area contributed by atoms with Crippen molar-refractivity contribution in [1.29, 1.82) is 0 Å². The van der Waals surface area contributed by atoms with E-state index in [1.54, 1.807) is 27.9 Å². The second-order valence-corrected chi connectivity index (χ2v) is 33.7. The third kappa shape index (κ3) is 24.8. The van der Waals surface area contributed by atoms with Crippen LogP contribution in [0.15, 0.2) is 111 Å². The summed E-state index contributed by atoms with van der Waals surface area (Å²) in [6.07, 6.45) is 17.5. The number of nitrogens with zero attached hydrogens (tertiary/aromatic N) is 16. The summed E-state index contributed by atoms with van der Waals surface area (Å²) >= 11 is 0. The van der Waals surface area contributed by atoms with Crippen molar-refractivity contribution in [3.63, 3.8) is 0 Å². The first-order chi connectivity index (χ1) is 59.7. The average Bonchev–Trinajstić information content (AvgIpc) is 1.61. The molecule has 2 aliphatic heterocycles. The standard InChI is InChI=1S/C23H32N6O3.C23H32N6O2.C23H30N6O.C21H30N6O3/c1-31-10-11-32-22-27-20(24)19-21(28-22)29(23(30)26-19)15-18-9-5-8-17(12-18)14-25-13-16-6-3-2-4-7-16;1-3-5-13-31-22-25-20(24)19-21(26-22)29(23(30)28(19)4-2)16-18-10-8-9-17(14-18)15-27-11-6-7-12-27;1-16-25-20-21(24)26-23(30-12-9-17-7-8-17)27-22(20)29(16)15-19-6-4-5-18(13-19)14-28-10-2-3-11-28;1-21(2,3)13-23-11-14-6-5-7-15(10-14)12-27-18-16(24-20(27)28)17(22)25-19(26-18)30-9-8-29-4/h5,8-9,12,16,25H,2-4,6-7,10-11,13-15H2,1H3,(H,26,30)(H2,24,27,28);8-10,14H,3-7,11-13,15-16H2,1-2H3,(H2,24,25,26);4-6,13,17H,2-3,7-12,14-15H2,1H3,(H2,24,26,27);5-7,10,23H,8-9,11-13H2,1-4H3,(H,24,28)(H2,22,25,26). The minimum atomic E-state index is -0.295. The first-order valence-electron chi connectivity index (χ1n) is 43.6. The molecule has 0 unspecified atom stereocenters. The Morgan fingerprint density at radius 3 is 1.36 bits per heavy atom. The highest BCUT2D eigenvalue weighted by atomic mass is 16.5. The fourth-order valence-corrected chi connectivity index (χ4v) is 15.9. The molecule has 33 nitrogen and oxygen atoms in total. The monoisotopic (exact) mass is 1680 g/mol. The Kier molecular flexibility index (Phi) is 31.3. The number of aromatic nitrogens is 16. The lowest BCUT2D eigenvalue weighted by molar-refractivity contribution is 0.141. The van der Waals surface area contributed by atoms with Crippen LogP contribution < -0.4 is 69.6 Å². The van der Waals surface area contributed by atoms with Crippen molar-refractivity contribution in [2.75, 3.05) is 116 Å². The first kappa shape index (κ1) is 89.4. The maximum Gasteiger partial charge on any atom is 0.330 e. The van der Waals surface area contributed by atoms with E-state index in [1.807, 2.05) is 38.1 Å². The maximum atomic E-state index is 13.2. The predicted molar refractivity (Wildman–Crippen MR) is 480 cm³/mol. The Labute approximate surface area is 717 Å². The van der Waals surface area contributed by atoms with Gasteiger partial charge in [0.2, 0.25) is 0 Å². The molecule has 4 fully saturated rings. The normalized spacial score (nSPS) is 14.6. The molecule has 8 aromatic heterocycles. The minimum absolute atomic E-state index is 0.116. The summed E-state index contributed by atoms with van der Waals surface area (Å²) in [6.45, 7) is 27.8. The van der Waals surface area contributed by atoms with Crippen molar-refractivity contribution in [1.82, 2.24) is 98.1 Å². The van der Waals surface area contributed by atoms with Crippen LogP contribution in [-0.2, 0) is 68.4 Å². The Morgan fingerprint density at radius 2 is 0.870 bits per heavy atom. The van der Waals surface area contributed by atoms with Crippen LogP contribution >= 0.6 is 0 Å². The number of rotatable bonds is 36. The zero-order valence-electron chi connectivity index (χ0n) is 72.8. The number of H-pyrrole nitrogens is 2. The summed E-state index contributed by atoms with van der Waals surface area (Å²) in [4.78, 5) is 88.2.